The monoisotopic (exact) mass is 351 g/mol. The summed E-state index contributed by atoms with van der Waals surface area (Å²) in [6, 6.07) is 6.01. The van der Waals surface area contributed by atoms with Crippen molar-refractivity contribution in [3.63, 3.8) is 0 Å². The number of nitrogens with zero attached hydrogens (tertiary/aromatic N) is 1. The van der Waals surface area contributed by atoms with E-state index in [4.69, 9.17) is 0 Å². The third-order valence-corrected chi connectivity index (χ3v) is 3.56. The van der Waals surface area contributed by atoms with Gasteiger partial charge in [0, 0.05) is 16.1 Å². The first-order valence-electron chi connectivity index (χ1n) is 6.41. The van der Waals surface area contributed by atoms with Crippen molar-refractivity contribution < 1.29 is 18.0 Å². The predicted molar refractivity (Wildman–Crippen MR) is 75.6 cm³/mol. The average Bonchev–Trinajstić information content (AvgIpc) is 2.36. The van der Waals surface area contributed by atoms with Crippen molar-refractivity contribution >= 4 is 21.8 Å². The molecule has 112 valence electrons. The van der Waals surface area contributed by atoms with Gasteiger partial charge in [-0.2, -0.15) is 13.2 Å². The Morgan fingerprint density at radius 2 is 1.90 bits per heavy atom. The summed E-state index contributed by atoms with van der Waals surface area (Å²) in [5.41, 5.74) is 0.260. The van der Waals surface area contributed by atoms with Crippen LogP contribution in [-0.2, 0) is 0 Å². The van der Waals surface area contributed by atoms with E-state index in [1.165, 1.54) is 12.1 Å². The highest BCUT2D eigenvalue weighted by Crippen LogP contribution is 2.23. The number of carbonyl (C=O) groups excluding carboxylic acids is 1. The zero-order valence-corrected chi connectivity index (χ0v) is 13.0. The van der Waals surface area contributed by atoms with Crippen molar-refractivity contribution in [1.29, 1.82) is 0 Å². The Morgan fingerprint density at radius 1 is 1.30 bits per heavy atom. The minimum Gasteiger partial charge on any atom is -0.327 e. The summed E-state index contributed by atoms with van der Waals surface area (Å²) in [7, 11) is 0. The molecule has 0 unspecified atom stereocenters. The van der Waals surface area contributed by atoms with Crippen molar-refractivity contribution in [2.24, 2.45) is 0 Å². The van der Waals surface area contributed by atoms with E-state index in [2.05, 4.69) is 15.9 Å². The second-order valence-corrected chi connectivity index (χ2v) is 5.44. The molecule has 2 nitrogen and oxygen atoms in total. The van der Waals surface area contributed by atoms with E-state index < -0.39 is 24.7 Å². The third kappa shape index (κ3) is 4.81. The molecule has 0 aliphatic heterocycles. The lowest BCUT2D eigenvalue weighted by molar-refractivity contribution is -0.144. The van der Waals surface area contributed by atoms with Crippen LogP contribution in [0, 0.1) is 0 Å². The van der Waals surface area contributed by atoms with Crippen LogP contribution in [0.3, 0.4) is 0 Å². The van der Waals surface area contributed by atoms with Gasteiger partial charge < -0.3 is 4.90 Å². The summed E-state index contributed by atoms with van der Waals surface area (Å²) in [6.45, 7) is 2.35. The second kappa shape index (κ2) is 7.11. The number of hydrogen-bond acceptors (Lipinski definition) is 1. The summed E-state index contributed by atoms with van der Waals surface area (Å²) in [6.07, 6.45) is -3.41. The lowest BCUT2D eigenvalue weighted by atomic mass is 10.1. The molecule has 0 radical (unpaired) electrons. The van der Waals surface area contributed by atoms with Crippen LogP contribution >= 0.6 is 15.9 Å². The first-order valence-corrected chi connectivity index (χ1v) is 7.21. The van der Waals surface area contributed by atoms with Gasteiger partial charge in [-0.15, -0.1) is 0 Å². The molecule has 0 aromatic heterocycles. The maximum Gasteiger partial charge on any atom is 0.406 e. The summed E-state index contributed by atoms with van der Waals surface area (Å²) in [5, 5.41) is 0. The zero-order valence-electron chi connectivity index (χ0n) is 11.4. The average molecular weight is 352 g/mol. The maximum atomic E-state index is 12.7. The number of alkyl halides is 3. The molecule has 0 saturated heterocycles. The Hall–Kier alpha value is -1.04. The van der Waals surface area contributed by atoms with E-state index in [9.17, 15) is 18.0 Å². The first-order chi connectivity index (χ1) is 9.28. The van der Waals surface area contributed by atoms with Crippen LogP contribution in [0.1, 0.15) is 37.0 Å². The Kier molecular flexibility index (Phi) is 6.05. The molecule has 20 heavy (non-hydrogen) atoms. The molecule has 0 aliphatic rings. The van der Waals surface area contributed by atoms with Crippen LogP contribution in [0.2, 0.25) is 0 Å². The number of benzene rings is 1. The standard InChI is InChI=1S/C14H17BrF3NO/c1-3-12(4-2)19(9-14(16,17)18)13(20)10-6-5-7-11(15)8-10/h5-8,12H,3-4,9H2,1-2H3. The van der Waals surface area contributed by atoms with E-state index in [0.29, 0.717) is 17.3 Å². The normalized spacial score (nSPS) is 11.8. The molecule has 1 aromatic rings. The van der Waals surface area contributed by atoms with Crippen molar-refractivity contribution in [3.05, 3.63) is 34.3 Å². The Balaban J connectivity index is 3.06. The van der Waals surface area contributed by atoms with Gasteiger partial charge in [0.25, 0.3) is 5.91 Å². The fraction of sp³-hybridized carbons (Fsp3) is 0.500. The van der Waals surface area contributed by atoms with Crippen LogP contribution in [0.25, 0.3) is 0 Å². The smallest absolute Gasteiger partial charge is 0.327 e. The van der Waals surface area contributed by atoms with Crippen LogP contribution in [0.5, 0.6) is 0 Å². The van der Waals surface area contributed by atoms with Crippen LogP contribution in [-0.4, -0.2) is 29.6 Å². The maximum absolute atomic E-state index is 12.7. The van der Waals surface area contributed by atoms with Crippen LogP contribution in [0.15, 0.2) is 28.7 Å². The molecular weight excluding hydrogens is 335 g/mol. The predicted octanol–water partition coefficient (Wildman–Crippen LogP) is 4.64. The van der Waals surface area contributed by atoms with Crippen molar-refractivity contribution in [2.45, 2.75) is 38.9 Å². The summed E-state index contributed by atoms with van der Waals surface area (Å²) < 4.78 is 38.7. The quantitative estimate of drug-likeness (QED) is 0.756. The highest BCUT2D eigenvalue weighted by molar-refractivity contribution is 9.10. The summed E-state index contributed by atoms with van der Waals surface area (Å²) in [5.74, 6) is -0.586. The fourth-order valence-electron chi connectivity index (χ4n) is 2.08. The third-order valence-electron chi connectivity index (χ3n) is 3.07. The van der Waals surface area contributed by atoms with Gasteiger partial charge in [-0.1, -0.05) is 35.8 Å². The van der Waals surface area contributed by atoms with Gasteiger partial charge in [0.2, 0.25) is 0 Å². The van der Waals surface area contributed by atoms with Crippen LogP contribution < -0.4 is 0 Å². The van der Waals surface area contributed by atoms with Crippen molar-refractivity contribution in [3.8, 4) is 0 Å². The molecule has 1 amide bonds. The van der Waals surface area contributed by atoms with Gasteiger partial charge in [0.15, 0.2) is 0 Å². The highest BCUT2D eigenvalue weighted by Gasteiger charge is 2.35. The van der Waals surface area contributed by atoms with E-state index in [1.807, 2.05) is 0 Å². The molecular formula is C14H17BrF3NO. The first kappa shape index (κ1) is 17.0. The van der Waals surface area contributed by atoms with E-state index in [1.54, 1.807) is 26.0 Å². The molecule has 0 fully saturated rings. The molecule has 0 spiro atoms. The summed E-state index contributed by atoms with van der Waals surface area (Å²) in [4.78, 5) is 13.3. The van der Waals surface area contributed by atoms with E-state index >= 15 is 0 Å². The van der Waals surface area contributed by atoms with Gasteiger partial charge in [0.05, 0.1) is 0 Å². The van der Waals surface area contributed by atoms with Crippen LogP contribution in [0.4, 0.5) is 13.2 Å². The minimum absolute atomic E-state index is 0.260. The molecule has 1 aromatic carbocycles. The van der Waals surface area contributed by atoms with Gasteiger partial charge >= 0.3 is 6.18 Å². The van der Waals surface area contributed by atoms with Gasteiger partial charge in [-0.05, 0) is 31.0 Å². The SMILES string of the molecule is CCC(CC)N(CC(F)(F)F)C(=O)c1cccc(Br)c1. The van der Waals surface area contributed by atoms with Gasteiger partial charge in [0.1, 0.15) is 6.54 Å². The minimum atomic E-state index is -4.40. The molecule has 0 aliphatic carbocycles. The fourth-order valence-corrected chi connectivity index (χ4v) is 2.48. The summed E-state index contributed by atoms with van der Waals surface area (Å²) >= 11 is 3.22. The van der Waals surface area contributed by atoms with Crippen molar-refractivity contribution in [1.82, 2.24) is 4.90 Å². The Bertz CT molecular complexity index is 458. The lowest BCUT2D eigenvalue weighted by Gasteiger charge is -2.31. The van der Waals surface area contributed by atoms with E-state index in [0.717, 1.165) is 4.90 Å². The topological polar surface area (TPSA) is 20.3 Å². The van der Waals surface area contributed by atoms with E-state index in [-0.39, 0.29) is 5.56 Å². The molecule has 0 heterocycles. The number of halogens is 4. The highest BCUT2D eigenvalue weighted by atomic mass is 79.9. The molecule has 0 N–H and O–H groups in total. The lowest BCUT2D eigenvalue weighted by Crippen LogP contribution is -2.45. The zero-order chi connectivity index (χ0) is 15.3. The number of hydrogen-bond donors (Lipinski definition) is 0. The largest absolute Gasteiger partial charge is 0.406 e. The molecule has 0 atom stereocenters. The van der Waals surface area contributed by atoms with Gasteiger partial charge in [-0.25, -0.2) is 0 Å². The molecule has 6 heteroatoms. The van der Waals surface area contributed by atoms with Crippen molar-refractivity contribution in [2.75, 3.05) is 6.54 Å². The molecule has 0 saturated carbocycles. The van der Waals surface area contributed by atoms with Gasteiger partial charge in [-0.3, -0.25) is 4.79 Å². The number of amides is 1. The number of rotatable bonds is 5. The Morgan fingerprint density at radius 3 is 2.35 bits per heavy atom. The Labute approximate surface area is 125 Å². The molecule has 1 rings (SSSR count). The second-order valence-electron chi connectivity index (χ2n) is 4.53. The molecule has 0 bridgehead atoms. The number of carbonyl (C=O) groups is 1.